The molecular formula is C9H8O6. The van der Waals surface area contributed by atoms with Gasteiger partial charge in [0.1, 0.15) is 29.4 Å². The number of phenolic OH excluding ortho intramolecular Hbond substituents is 2. The summed E-state index contributed by atoms with van der Waals surface area (Å²) in [4.78, 5) is 11.4. The molecule has 2 rings (SSSR count). The Morgan fingerprint density at radius 1 is 1.27 bits per heavy atom. The molecule has 0 amide bonds. The molecule has 1 aliphatic rings. The number of fused-ring (bicyclic) bond motifs is 1. The van der Waals surface area contributed by atoms with Crippen molar-refractivity contribution in [2.45, 2.75) is 5.79 Å². The first kappa shape index (κ1) is 9.75. The number of Topliss-reactive ketones (excluding diaryl/α,β-unsaturated/α-hetero) is 1. The number of carbonyl (C=O) groups is 1. The van der Waals surface area contributed by atoms with Gasteiger partial charge in [0, 0.05) is 12.1 Å². The van der Waals surface area contributed by atoms with Gasteiger partial charge in [-0.05, 0) is 0 Å². The third-order valence-corrected chi connectivity index (χ3v) is 2.09. The summed E-state index contributed by atoms with van der Waals surface area (Å²) < 4.78 is 4.83. The highest BCUT2D eigenvalue weighted by molar-refractivity contribution is 6.06. The van der Waals surface area contributed by atoms with Crippen molar-refractivity contribution in [3.05, 3.63) is 17.7 Å². The molecule has 4 N–H and O–H groups in total. The molecule has 6 nitrogen and oxygen atoms in total. The van der Waals surface area contributed by atoms with Gasteiger partial charge in [0.25, 0.3) is 5.79 Å². The van der Waals surface area contributed by atoms with E-state index in [1.807, 2.05) is 0 Å². The number of rotatable bonds is 0. The van der Waals surface area contributed by atoms with Crippen molar-refractivity contribution in [2.24, 2.45) is 0 Å². The topological polar surface area (TPSA) is 107 Å². The fourth-order valence-electron chi connectivity index (χ4n) is 1.37. The van der Waals surface area contributed by atoms with Gasteiger partial charge in [-0.25, -0.2) is 0 Å². The normalized spacial score (nSPS) is 18.1. The first-order chi connectivity index (χ1) is 6.92. The van der Waals surface area contributed by atoms with Crippen molar-refractivity contribution < 1.29 is 30.0 Å². The summed E-state index contributed by atoms with van der Waals surface area (Å²) in [7, 11) is 0. The zero-order chi connectivity index (χ0) is 11.2. The van der Waals surface area contributed by atoms with Gasteiger partial charge >= 0.3 is 0 Å². The van der Waals surface area contributed by atoms with Crippen LogP contribution in [0.5, 0.6) is 17.2 Å². The zero-order valence-electron chi connectivity index (χ0n) is 7.47. The third-order valence-electron chi connectivity index (χ3n) is 2.09. The summed E-state index contributed by atoms with van der Waals surface area (Å²) in [5.74, 6) is -4.59. The minimum absolute atomic E-state index is 0.0729. The first-order valence-corrected chi connectivity index (χ1v) is 4.10. The van der Waals surface area contributed by atoms with Crippen LogP contribution in [0.25, 0.3) is 0 Å². The van der Waals surface area contributed by atoms with Crippen LogP contribution in [0, 0.1) is 0 Å². The standard InChI is InChI=1S/C9H8O6/c10-4-1-5(11)7-6(2-4)15-3-9(13,14)8(7)12/h1-2,10-11,13-14H,3H2. The van der Waals surface area contributed by atoms with Crippen LogP contribution in [-0.2, 0) is 0 Å². The van der Waals surface area contributed by atoms with Crippen LogP contribution in [0.15, 0.2) is 12.1 Å². The van der Waals surface area contributed by atoms with E-state index in [1.165, 1.54) is 0 Å². The Morgan fingerprint density at radius 2 is 1.93 bits per heavy atom. The van der Waals surface area contributed by atoms with Crippen molar-refractivity contribution in [1.82, 2.24) is 0 Å². The molecular weight excluding hydrogens is 204 g/mol. The zero-order valence-corrected chi connectivity index (χ0v) is 7.47. The average Bonchev–Trinajstić information content (AvgIpc) is 2.11. The minimum Gasteiger partial charge on any atom is -0.508 e. The van der Waals surface area contributed by atoms with Crippen molar-refractivity contribution in [1.29, 1.82) is 0 Å². The lowest BCUT2D eigenvalue weighted by Gasteiger charge is -2.27. The number of phenols is 2. The smallest absolute Gasteiger partial charge is 0.264 e. The van der Waals surface area contributed by atoms with Crippen LogP contribution < -0.4 is 4.74 Å². The van der Waals surface area contributed by atoms with Gasteiger partial charge in [-0.1, -0.05) is 0 Å². The van der Waals surface area contributed by atoms with Gasteiger partial charge < -0.3 is 25.2 Å². The lowest BCUT2D eigenvalue weighted by atomic mass is 9.99. The number of aromatic hydroxyl groups is 2. The lowest BCUT2D eigenvalue weighted by Crippen LogP contribution is -2.47. The van der Waals surface area contributed by atoms with Crippen LogP contribution in [-0.4, -0.2) is 38.6 Å². The summed E-state index contributed by atoms with van der Waals surface area (Å²) in [5.41, 5.74) is -0.343. The number of ketones is 1. The minimum atomic E-state index is -2.64. The van der Waals surface area contributed by atoms with Crippen molar-refractivity contribution >= 4 is 5.78 Å². The molecule has 0 bridgehead atoms. The second-order valence-electron chi connectivity index (χ2n) is 3.27. The first-order valence-electron chi connectivity index (χ1n) is 4.10. The number of aliphatic hydroxyl groups is 2. The fourth-order valence-corrected chi connectivity index (χ4v) is 1.37. The number of hydrogen-bond acceptors (Lipinski definition) is 6. The fraction of sp³-hybridized carbons (Fsp3) is 0.222. The van der Waals surface area contributed by atoms with Gasteiger partial charge in [0.15, 0.2) is 0 Å². The van der Waals surface area contributed by atoms with E-state index in [9.17, 15) is 20.1 Å². The Hall–Kier alpha value is -1.79. The number of hydrogen-bond donors (Lipinski definition) is 4. The summed E-state index contributed by atoms with van der Waals surface area (Å²) in [6, 6.07) is 2.03. The Bertz CT molecular complexity index is 436. The van der Waals surface area contributed by atoms with Gasteiger partial charge in [-0.2, -0.15) is 0 Å². The predicted molar refractivity (Wildman–Crippen MR) is 46.8 cm³/mol. The van der Waals surface area contributed by atoms with Crippen LogP contribution in [0.2, 0.25) is 0 Å². The highest BCUT2D eigenvalue weighted by atomic mass is 16.6. The summed E-state index contributed by atoms with van der Waals surface area (Å²) in [5, 5.41) is 36.8. The number of benzene rings is 1. The van der Waals surface area contributed by atoms with E-state index in [0.29, 0.717) is 0 Å². The SMILES string of the molecule is O=C1c2c(O)cc(O)cc2OCC1(O)O. The van der Waals surface area contributed by atoms with Gasteiger partial charge in [-0.15, -0.1) is 0 Å². The van der Waals surface area contributed by atoms with Crippen LogP contribution >= 0.6 is 0 Å². The largest absolute Gasteiger partial charge is 0.508 e. The summed E-state index contributed by atoms with van der Waals surface area (Å²) in [6.45, 7) is -0.637. The van der Waals surface area contributed by atoms with E-state index in [4.69, 9.17) is 9.84 Å². The van der Waals surface area contributed by atoms with E-state index in [2.05, 4.69) is 0 Å². The Balaban J connectivity index is 2.62. The molecule has 80 valence electrons. The molecule has 0 spiro atoms. The van der Waals surface area contributed by atoms with E-state index in [1.54, 1.807) is 0 Å². The quantitative estimate of drug-likeness (QED) is 0.426. The highest BCUT2D eigenvalue weighted by Gasteiger charge is 2.42. The molecule has 6 heteroatoms. The second-order valence-corrected chi connectivity index (χ2v) is 3.27. The van der Waals surface area contributed by atoms with Gasteiger partial charge in [0.05, 0.1) is 0 Å². The molecule has 1 heterocycles. The maximum atomic E-state index is 11.4. The number of carbonyl (C=O) groups excluding carboxylic acids is 1. The van der Waals surface area contributed by atoms with E-state index < -0.39 is 23.9 Å². The molecule has 0 radical (unpaired) electrons. The lowest BCUT2D eigenvalue weighted by molar-refractivity contribution is -0.147. The van der Waals surface area contributed by atoms with Crippen molar-refractivity contribution in [3.8, 4) is 17.2 Å². The molecule has 1 aromatic rings. The van der Waals surface area contributed by atoms with Gasteiger partial charge in [-0.3, -0.25) is 4.79 Å². The van der Waals surface area contributed by atoms with Gasteiger partial charge in [0.2, 0.25) is 5.78 Å². The molecule has 1 aromatic carbocycles. The molecule has 0 saturated carbocycles. The molecule has 1 aliphatic heterocycles. The van der Waals surface area contributed by atoms with Crippen molar-refractivity contribution in [3.63, 3.8) is 0 Å². The van der Waals surface area contributed by atoms with E-state index in [0.717, 1.165) is 12.1 Å². The molecule has 0 aliphatic carbocycles. The predicted octanol–water partition coefficient (Wildman–Crippen LogP) is -0.646. The molecule has 0 unspecified atom stereocenters. The molecule has 0 fully saturated rings. The maximum absolute atomic E-state index is 11.4. The Kier molecular flexibility index (Phi) is 1.85. The number of ether oxygens (including phenoxy) is 1. The van der Waals surface area contributed by atoms with Crippen LogP contribution in [0.4, 0.5) is 0 Å². The van der Waals surface area contributed by atoms with Crippen LogP contribution in [0.3, 0.4) is 0 Å². The average molecular weight is 212 g/mol. The Labute approximate surface area is 84.0 Å². The molecule has 0 aromatic heterocycles. The molecule has 15 heavy (non-hydrogen) atoms. The Morgan fingerprint density at radius 3 is 2.60 bits per heavy atom. The molecule has 0 saturated heterocycles. The van der Waals surface area contributed by atoms with Crippen molar-refractivity contribution in [2.75, 3.05) is 6.61 Å². The summed E-state index contributed by atoms with van der Waals surface area (Å²) in [6.07, 6.45) is 0. The molecule has 0 atom stereocenters. The maximum Gasteiger partial charge on any atom is 0.264 e. The van der Waals surface area contributed by atoms with Crippen LogP contribution in [0.1, 0.15) is 10.4 Å². The third kappa shape index (κ3) is 1.39. The van der Waals surface area contributed by atoms with E-state index in [-0.39, 0.29) is 17.1 Å². The highest BCUT2D eigenvalue weighted by Crippen LogP contribution is 2.37. The van der Waals surface area contributed by atoms with E-state index >= 15 is 0 Å². The monoisotopic (exact) mass is 212 g/mol. The second kappa shape index (κ2) is 2.85. The summed E-state index contributed by atoms with van der Waals surface area (Å²) >= 11 is 0.